The van der Waals surface area contributed by atoms with E-state index in [1.54, 1.807) is 6.07 Å². The largest absolute Gasteiger partial charge is 0.366 e. The van der Waals surface area contributed by atoms with Crippen LogP contribution < -0.4 is 5.73 Å². The van der Waals surface area contributed by atoms with Crippen molar-refractivity contribution in [1.29, 1.82) is 0 Å². The van der Waals surface area contributed by atoms with E-state index in [9.17, 15) is 4.79 Å². The van der Waals surface area contributed by atoms with Crippen molar-refractivity contribution in [2.75, 3.05) is 0 Å². The van der Waals surface area contributed by atoms with Gasteiger partial charge in [0.1, 0.15) is 0 Å². The van der Waals surface area contributed by atoms with Gasteiger partial charge in [0.2, 0.25) is 0 Å². The van der Waals surface area contributed by atoms with Crippen LogP contribution in [-0.2, 0) is 0 Å². The molecule has 1 amide bonds. The molecule has 0 saturated heterocycles. The molecule has 3 nitrogen and oxygen atoms in total. The highest BCUT2D eigenvalue weighted by atomic mass is 16.1. The standard InChI is InChI=1S/C22H16N2O/c23-22(25)18-13-7-12-17-14-19(15-8-3-1-4-9-15)20(24-21(17)18)16-10-5-2-6-11-16/h1-14H,(H2,23,25). The Hall–Kier alpha value is -3.46. The smallest absolute Gasteiger partial charge is 0.250 e. The number of primary amides is 1. The van der Waals surface area contributed by atoms with E-state index in [-0.39, 0.29) is 0 Å². The van der Waals surface area contributed by atoms with Crippen molar-refractivity contribution in [3.05, 3.63) is 90.5 Å². The first kappa shape index (κ1) is 15.1. The third-order valence-electron chi connectivity index (χ3n) is 4.24. The Morgan fingerprint density at radius 1 is 0.760 bits per heavy atom. The molecule has 1 aromatic heterocycles. The average Bonchev–Trinajstić information content (AvgIpc) is 2.67. The highest BCUT2D eigenvalue weighted by Gasteiger charge is 2.14. The lowest BCUT2D eigenvalue weighted by Crippen LogP contribution is -2.12. The highest BCUT2D eigenvalue weighted by Crippen LogP contribution is 2.34. The lowest BCUT2D eigenvalue weighted by atomic mass is 9.96. The Labute approximate surface area is 145 Å². The van der Waals surface area contributed by atoms with E-state index in [1.165, 1.54) is 0 Å². The van der Waals surface area contributed by atoms with Crippen LogP contribution in [0.25, 0.3) is 33.3 Å². The number of pyridine rings is 1. The summed E-state index contributed by atoms with van der Waals surface area (Å²) < 4.78 is 0. The van der Waals surface area contributed by atoms with E-state index in [0.717, 1.165) is 27.8 Å². The number of aromatic nitrogens is 1. The molecule has 0 bridgehead atoms. The number of fused-ring (bicyclic) bond motifs is 1. The molecule has 0 unspecified atom stereocenters. The number of nitrogens with zero attached hydrogens (tertiary/aromatic N) is 1. The fourth-order valence-electron chi connectivity index (χ4n) is 3.05. The van der Waals surface area contributed by atoms with Crippen LogP contribution in [-0.4, -0.2) is 10.9 Å². The quantitative estimate of drug-likeness (QED) is 0.595. The summed E-state index contributed by atoms with van der Waals surface area (Å²) in [7, 11) is 0. The number of carbonyl (C=O) groups is 1. The number of para-hydroxylation sites is 1. The summed E-state index contributed by atoms with van der Waals surface area (Å²) in [4.78, 5) is 16.6. The van der Waals surface area contributed by atoms with Crippen LogP contribution in [0.15, 0.2) is 84.9 Å². The Bertz CT molecular complexity index is 1060. The number of carbonyl (C=O) groups excluding carboxylic acids is 1. The number of nitrogens with two attached hydrogens (primary N) is 1. The molecule has 0 aliphatic heterocycles. The molecular weight excluding hydrogens is 308 g/mol. The Morgan fingerprint density at radius 2 is 1.40 bits per heavy atom. The first-order valence-electron chi connectivity index (χ1n) is 8.08. The minimum atomic E-state index is -0.468. The van der Waals surface area contributed by atoms with E-state index in [2.05, 4.69) is 18.2 Å². The minimum Gasteiger partial charge on any atom is -0.366 e. The van der Waals surface area contributed by atoms with Crippen molar-refractivity contribution in [2.24, 2.45) is 5.73 Å². The zero-order valence-electron chi connectivity index (χ0n) is 13.5. The van der Waals surface area contributed by atoms with Crippen molar-refractivity contribution >= 4 is 16.8 Å². The summed E-state index contributed by atoms with van der Waals surface area (Å²) >= 11 is 0. The molecule has 120 valence electrons. The highest BCUT2D eigenvalue weighted by molar-refractivity contribution is 6.06. The first-order chi connectivity index (χ1) is 12.2. The van der Waals surface area contributed by atoms with Gasteiger partial charge in [-0.05, 0) is 17.7 Å². The lowest BCUT2D eigenvalue weighted by molar-refractivity contribution is 0.100. The van der Waals surface area contributed by atoms with Crippen LogP contribution in [0.3, 0.4) is 0 Å². The van der Waals surface area contributed by atoms with Crippen LogP contribution >= 0.6 is 0 Å². The molecule has 0 fully saturated rings. The molecule has 4 rings (SSSR count). The monoisotopic (exact) mass is 324 g/mol. The van der Waals surface area contributed by atoms with Gasteiger partial charge in [-0.25, -0.2) is 4.98 Å². The second kappa shape index (κ2) is 6.21. The van der Waals surface area contributed by atoms with Gasteiger partial charge in [-0.3, -0.25) is 4.79 Å². The molecule has 0 radical (unpaired) electrons. The van der Waals surface area contributed by atoms with E-state index in [4.69, 9.17) is 10.7 Å². The van der Waals surface area contributed by atoms with E-state index < -0.39 is 5.91 Å². The fraction of sp³-hybridized carbons (Fsp3) is 0. The molecule has 1 heterocycles. The van der Waals surface area contributed by atoms with Crippen molar-refractivity contribution in [3.8, 4) is 22.4 Å². The number of rotatable bonds is 3. The van der Waals surface area contributed by atoms with Gasteiger partial charge in [0.15, 0.2) is 0 Å². The van der Waals surface area contributed by atoms with Crippen molar-refractivity contribution in [1.82, 2.24) is 4.98 Å². The van der Waals surface area contributed by atoms with Gasteiger partial charge in [0, 0.05) is 16.5 Å². The topological polar surface area (TPSA) is 56.0 Å². The van der Waals surface area contributed by atoms with Crippen molar-refractivity contribution in [3.63, 3.8) is 0 Å². The third kappa shape index (κ3) is 2.76. The fourth-order valence-corrected chi connectivity index (χ4v) is 3.05. The zero-order valence-corrected chi connectivity index (χ0v) is 13.5. The predicted molar refractivity (Wildman–Crippen MR) is 101 cm³/mol. The second-order valence-corrected chi connectivity index (χ2v) is 5.86. The van der Waals surface area contributed by atoms with Gasteiger partial charge < -0.3 is 5.73 Å². The van der Waals surface area contributed by atoms with Gasteiger partial charge in [0.05, 0.1) is 16.8 Å². The number of benzene rings is 3. The van der Waals surface area contributed by atoms with Gasteiger partial charge >= 0.3 is 0 Å². The molecule has 0 atom stereocenters. The maximum Gasteiger partial charge on any atom is 0.250 e. The number of hydrogen-bond donors (Lipinski definition) is 1. The molecule has 3 heteroatoms. The molecule has 25 heavy (non-hydrogen) atoms. The normalized spacial score (nSPS) is 10.7. The van der Waals surface area contributed by atoms with Gasteiger partial charge in [0.25, 0.3) is 5.91 Å². The maximum atomic E-state index is 11.8. The maximum absolute atomic E-state index is 11.8. The number of hydrogen-bond acceptors (Lipinski definition) is 2. The summed E-state index contributed by atoms with van der Waals surface area (Å²) in [6.07, 6.45) is 0. The van der Waals surface area contributed by atoms with Crippen LogP contribution in [0.5, 0.6) is 0 Å². The first-order valence-corrected chi connectivity index (χ1v) is 8.08. The molecular formula is C22H16N2O. The Kier molecular flexibility index (Phi) is 3.75. The van der Waals surface area contributed by atoms with Crippen LogP contribution in [0.1, 0.15) is 10.4 Å². The summed E-state index contributed by atoms with van der Waals surface area (Å²) in [6, 6.07) is 27.7. The van der Waals surface area contributed by atoms with E-state index in [0.29, 0.717) is 11.1 Å². The third-order valence-corrected chi connectivity index (χ3v) is 4.24. The molecule has 0 saturated carbocycles. The summed E-state index contributed by atoms with van der Waals surface area (Å²) in [5, 5.41) is 0.898. The molecule has 2 N–H and O–H groups in total. The SMILES string of the molecule is NC(=O)c1cccc2cc(-c3ccccc3)c(-c3ccccc3)nc12. The summed E-state index contributed by atoms with van der Waals surface area (Å²) in [6.45, 7) is 0. The van der Waals surface area contributed by atoms with Crippen LogP contribution in [0, 0.1) is 0 Å². The zero-order chi connectivity index (χ0) is 17.2. The van der Waals surface area contributed by atoms with Crippen LogP contribution in [0.2, 0.25) is 0 Å². The average molecular weight is 324 g/mol. The Balaban J connectivity index is 2.08. The summed E-state index contributed by atoms with van der Waals surface area (Å²) in [5.41, 5.74) is 10.6. The Morgan fingerprint density at radius 3 is 2.04 bits per heavy atom. The molecule has 0 spiro atoms. The van der Waals surface area contributed by atoms with E-state index in [1.807, 2.05) is 60.7 Å². The van der Waals surface area contributed by atoms with Gasteiger partial charge in [-0.1, -0.05) is 72.8 Å². The van der Waals surface area contributed by atoms with Crippen LogP contribution in [0.4, 0.5) is 0 Å². The minimum absolute atomic E-state index is 0.439. The van der Waals surface area contributed by atoms with Gasteiger partial charge in [-0.15, -0.1) is 0 Å². The lowest BCUT2D eigenvalue weighted by Gasteiger charge is -2.13. The molecule has 3 aromatic carbocycles. The van der Waals surface area contributed by atoms with Crippen molar-refractivity contribution in [2.45, 2.75) is 0 Å². The predicted octanol–water partition coefficient (Wildman–Crippen LogP) is 4.67. The number of amides is 1. The van der Waals surface area contributed by atoms with Gasteiger partial charge in [-0.2, -0.15) is 0 Å². The second-order valence-electron chi connectivity index (χ2n) is 5.86. The molecule has 0 aliphatic rings. The molecule has 4 aromatic rings. The van der Waals surface area contributed by atoms with Crippen molar-refractivity contribution < 1.29 is 4.79 Å². The summed E-state index contributed by atoms with van der Waals surface area (Å²) in [5.74, 6) is -0.468. The van der Waals surface area contributed by atoms with E-state index >= 15 is 0 Å². The molecule has 0 aliphatic carbocycles.